The van der Waals surface area contributed by atoms with Crippen LogP contribution in [0.3, 0.4) is 0 Å². The van der Waals surface area contributed by atoms with Crippen molar-refractivity contribution in [3.8, 4) is 11.1 Å². The Kier molecular flexibility index (Phi) is 4.86. The van der Waals surface area contributed by atoms with Crippen molar-refractivity contribution in [3.63, 3.8) is 0 Å². The number of carbonyl (C=O) groups is 1. The predicted octanol–water partition coefficient (Wildman–Crippen LogP) is 3.37. The van der Waals surface area contributed by atoms with E-state index in [-0.39, 0.29) is 17.5 Å². The third-order valence-electron chi connectivity index (χ3n) is 6.78. The lowest BCUT2D eigenvalue weighted by Gasteiger charge is -2.44. The molecule has 2 fully saturated rings. The van der Waals surface area contributed by atoms with Gasteiger partial charge in [-0.05, 0) is 37.3 Å². The monoisotopic (exact) mass is 392 g/mol. The Morgan fingerprint density at radius 2 is 1.93 bits per heavy atom. The molecule has 6 heteroatoms. The van der Waals surface area contributed by atoms with Crippen LogP contribution in [0.2, 0.25) is 0 Å². The summed E-state index contributed by atoms with van der Waals surface area (Å²) in [5, 5.41) is 3.27. The van der Waals surface area contributed by atoms with Crippen molar-refractivity contribution in [3.05, 3.63) is 52.7 Å². The number of carbonyl (C=O) groups excluding carboxylic acids is 1. The van der Waals surface area contributed by atoms with Gasteiger partial charge in [0.1, 0.15) is 0 Å². The van der Waals surface area contributed by atoms with Gasteiger partial charge in [0.15, 0.2) is 0 Å². The van der Waals surface area contributed by atoms with Crippen molar-refractivity contribution in [1.29, 1.82) is 0 Å². The zero-order valence-electron chi connectivity index (χ0n) is 16.7. The molecule has 0 spiro atoms. The highest BCUT2D eigenvalue weighted by Crippen LogP contribution is 2.39. The average molecular weight is 393 g/mol. The molecule has 152 valence electrons. The van der Waals surface area contributed by atoms with Gasteiger partial charge in [-0.1, -0.05) is 25.3 Å². The lowest BCUT2D eigenvalue weighted by molar-refractivity contribution is 0.127. The number of nitrogens with one attached hydrogen (secondary N) is 1. The Balaban J connectivity index is 1.43. The maximum Gasteiger partial charge on any atom is 0.317 e. The van der Waals surface area contributed by atoms with Gasteiger partial charge in [-0.15, -0.1) is 0 Å². The summed E-state index contributed by atoms with van der Waals surface area (Å²) in [6.07, 6.45) is 10.5. The molecule has 0 aromatic carbocycles. The quantitative estimate of drug-likeness (QED) is 0.852. The molecule has 2 aromatic heterocycles. The summed E-state index contributed by atoms with van der Waals surface area (Å²) in [6.45, 7) is 2.09. The fourth-order valence-electron chi connectivity index (χ4n) is 5.46. The molecule has 3 aliphatic rings. The highest BCUT2D eigenvalue weighted by atomic mass is 16.2. The molecular weight excluding hydrogens is 364 g/mol. The summed E-state index contributed by atoms with van der Waals surface area (Å²) in [7, 11) is 0. The largest absolute Gasteiger partial charge is 0.335 e. The first kappa shape index (κ1) is 18.4. The Labute approximate surface area is 170 Å². The normalized spacial score (nSPS) is 24.1. The van der Waals surface area contributed by atoms with Crippen molar-refractivity contribution in [2.75, 3.05) is 13.1 Å². The standard InChI is InChI=1S/C23H28N4O2/c28-21-9-8-20(17-5-4-10-24-12-17)22-18-11-16(14-27(21)22)13-26(15-18)23(29)25-19-6-2-1-3-7-19/h4-5,8-10,12,16,18-19H,1-3,6-7,11,13-15H2,(H,25,29)/t16-,18+/m0/s1. The third-order valence-corrected chi connectivity index (χ3v) is 6.78. The topological polar surface area (TPSA) is 67.2 Å². The zero-order chi connectivity index (χ0) is 19.8. The number of urea groups is 1. The van der Waals surface area contributed by atoms with Gasteiger partial charge < -0.3 is 14.8 Å². The molecule has 1 saturated heterocycles. The highest BCUT2D eigenvalue weighted by molar-refractivity contribution is 5.75. The lowest BCUT2D eigenvalue weighted by atomic mass is 9.80. The molecule has 1 N–H and O–H groups in total. The van der Waals surface area contributed by atoms with E-state index in [1.54, 1.807) is 12.3 Å². The number of fused-ring (bicyclic) bond motifs is 4. The summed E-state index contributed by atoms with van der Waals surface area (Å²) in [5.41, 5.74) is 3.22. The lowest BCUT2D eigenvalue weighted by Crippen LogP contribution is -2.53. The Hall–Kier alpha value is -2.63. The first-order valence-electron chi connectivity index (χ1n) is 10.9. The molecular formula is C23H28N4O2. The Morgan fingerprint density at radius 3 is 2.72 bits per heavy atom. The summed E-state index contributed by atoms with van der Waals surface area (Å²) in [6, 6.07) is 7.94. The summed E-state index contributed by atoms with van der Waals surface area (Å²) in [4.78, 5) is 31.8. The van der Waals surface area contributed by atoms with E-state index < -0.39 is 0 Å². The molecule has 1 saturated carbocycles. The minimum atomic E-state index is 0.0578. The molecule has 2 amide bonds. The molecule has 0 unspecified atom stereocenters. The second-order valence-corrected chi connectivity index (χ2v) is 8.81. The zero-order valence-corrected chi connectivity index (χ0v) is 16.7. The Bertz CT molecular complexity index is 949. The highest BCUT2D eigenvalue weighted by Gasteiger charge is 2.38. The van der Waals surface area contributed by atoms with Crippen LogP contribution in [0.15, 0.2) is 41.5 Å². The molecule has 4 heterocycles. The number of nitrogens with zero attached hydrogens (tertiary/aromatic N) is 3. The van der Waals surface area contributed by atoms with Crippen LogP contribution in [0, 0.1) is 5.92 Å². The first-order chi connectivity index (χ1) is 14.2. The number of aromatic nitrogens is 2. The van der Waals surface area contributed by atoms with Crippen LogP contribution in [0.1, 0.15) is 50.1 Å². The van der Waals surface area contributed by atoms with Crippen molar-refractivity contribution < 1.29 is 4.79 Å². The molecule has 5 rings (SSSR count). The fourth-order valence-corrected chi connectivity index (χ4v) is 5.46. The summed E-state index contributed by atoms with van der Waals surface area (Å²) >= 11 is 0. The van der Waals surface area contributed by atoms with Gasteiger partial charge in [0.25, 0.3) is 5.56 Å². The maximum atomic E-state index is 13.0. The van der Waals surface area contributed by atoms with E-state index in [2.05, 4.69) is 10.3 Å². The van der Waals surface area contributed by atoms with E-state index in [0.717, 1.165) is 42.6 Å². The van der Waals surface area contributed by atoms with Crippen molar-refractivity contribution in [1.82, 2.24) is 19.8 Å². The molecule has 2 atom stereocenters. The van der Waals surface area contributed by atoms with Gasteiger partial charge in [0.2, 0.25) is 0 Å². The van der Waals surface area contributed by atoms with Crippen molar-refractivity contribution in [2.45, 2.75) is 57.0 Å². The predicted molar refractivity (Wildman–Crippen MR) is 112 cm³/mol. The van der Waals surface area contributed by atoms with Crippen molar-refractivity contribution >= 4 is 6.03 Å². The SMILES string of the molecule is O=C(NC1CCCCC1)N1C[C@@H]2C[C@H](C1)c1c(-c3cccnc3)ccc(=O)n1C2. The number of hydrogen-bond acceptors (Lipinski definition) is 3. The summed E-state index contributed by atoms with van der Waals surface area (Å²) < 4.78 is 1.94. The van der Waals surface area contributed by atoms with Gasteiger partial charge in [-0.3, -0.25) is 9.78 Å². The molecule has 29 heavy (non-hydrogen) atoms. The number of pyridine rings is 2. The van der Waals surface area contributed by atoms with Crippen LogP contribution in [0.25, 0.3) is 11.1 Å². The van der Waals surface area contributed by atoms with E-state index in [4.69, 9.17) is 0 Å². The van der Waals surface area contributed by atoms with Crippen LogP contribution in [0.4, 0.5) is 4.79 Å². The average Bonchev–Trinajstić information content (AvgIpc) is 2.75. The minimum Gasteiger partial charge on any atom is -0.335 e. The van der Waals surface area contributed by atoms with E-state index in [9.17, 15) is 9.59 Å². The van der Waals surface area contributed by atoms with Crippen LogP contribution in [-0.4, -0.2) is 39.6 Å². The second kappa shape index (κ2) is 7.65. The van der Waals surface area contributed by atoms with Crippen molar-refractivity contribution in [2.24, 2.45) is 5.92 Å². The fraction of sp³-hybridized carbons (Fsp3) is 0.522. The molecule has 2 bridgehead atoms. The van der Waals surface area contributed by atoms with E-state index in [0.29, 0.717) is 25.0 Å². The minimum absolute atomic E-state index is 0.0578. The van der Waals surface area contributed by atoms with Crippen LogP contribution in [0.5, 0.6) is 0 Å². The van der Waals surface area contributed by atoms with Gasteiger partial charge in [-0.25, -0.2) is 4.79 Å². The second-order valence-electron chi connectivity index (χ2n) is 8.81. The number of amides is 2. The third kappa shape index (κ3) is 3.56. The molecule has 0 radical (unpaired) electrons. The van der Waals surface area contributed by atoms with E-state index >= 15 is 0 Å². The molecule has 2 aliphatic heterocycles. The van der Waals surface area contributed by atoms with Gasteiger partial charge >= 0.3 is 6.03 Å². The molecule has 1 aliphatic carbocycles. The van der Waals surface area contributed by atoms with E-state index in [1.807, 2.05) is 33.9 Å². The number of hydrogen-bond donors (Lipinski definition) is 1. The van der Waals surface area contributed by atoms with Crippen LogP contribution < -0.4 is 10.9 Å². The van der Waals surface area contributed by atoms with E-state index in [1.165, 1.54) is 19.3 Å². The first-order valence-corrected chi connectivity index (χ1v) is 10.9. The van der Waals surface area contributed by atoms with Gasteiger partial charge in [-0.2, -0.15) is 0 Å². The van der Waals surface area contributed by atoms with Gasteiger partial charge in [0.05, 0.1) is 0 Å². The van der Waals surface area contributed by atoms with Crippen LogP contribution in [-0.2, 0) is 6.54 Å². The Morgan fingerprint density at radius 1 is 1.07 bits per heavy atom. The van der Waals surface area contributed by atoms with Gasteiger partial charge in [0, 0.05) is 66.9 Å². The maximum absolute atomic E-state index is 13.0. The summed E-state index contributed by atoms with van der Waals surface area (Å²) in [5.74, 6) is 0.518. The molecule has 2 aromatic rings. The molecule has 6 nitrogen and oxygen atoms in total. The smallest absolute Gasteiger partial charge is 0.317 e. The van der Waals surface area contributed by atoms with Crippen LogP contribution >= 0.6 is 0 Å². The number of rotatable bonds is 2. The number of piperidine rings is 1. The number of likely N-dealkylation sites (tertiary alicyclic amines) is 1.